The average Bonchev–Trinajstić information content (AvgIpc) is 2.66. The van der Waals surface area contributed by atoms with Crippen LogP contribution < -0.4 is 14.4 Å². The van der Waals surface area contributed by atoms with E-state index >= 15 is 0 Å². The maximum atomic E-state index is 11.1. The molecule has 1 saturated heterocycles. The summed E-state index contributed by atoms with van der Waals surface area (Å²) in [5, 5.41) is 9.14. The van der Waals surface area contributed by atoms with Crippen molar-refractivity contribution in [2.75, 3.05) is 37.7 Å². The molecule has 138 valence electrons. The van der Waals surface area contributed by atoms with Crippen LogP contribution in [-0.4, -0.2) is 69.9 Å². The summed E-state index contributed by atoms with van der Waals surface area (Å²) in [6.45, 7) is 3.98. The van der Waals surface area contributed by atoms with Gasteiger partial charge in [0.1, 0.15) is 19.0 Å². The van der Waals surface area contributed by atoms with Crippen LogP contribution in [0.2, 0.25) is 0 Å². The van der Waals surface area contributed by atoms with Gasteiger partial charge in [-0.1, -0.05) is 0 Å². The van der Waals surface area contributed by atoms with E-state index in [0.717, 1.165) is 0 Å². The lowest BCUT2D eigenvalue weighted by molar-refractivity contribution is 0.135. The zero-order valence-corrected chi connectivity index (χ0v) is 14.5. The third-order valence-electron chi connectivity index (χ3n) is 4.04. The highest BCUT2D eigenvalue weighted by molar-refractivity contribution is 5.65. The number of carboxylic acid groups (broad SMARTS) is 1. The molecule has 3 rings (SSSR count). The lowest BCUT2D eigenvalue weighted by atomic mass is 10.2. The molecule has 1 amide bonds. The van der Waals surface area contributed by atoms with Crippen LogP contribution >= 0.6 is 0 Å². The molecule has 2 aromatic heterocycles. The molecule has 9 nitrogen and oxygen atoms in total. The second-order valence-electron chi connectivity index (χ2n) is 5.84. The van der Waals surface area contributed by atoms with Crippen molar-refractivity contribution in [2.45, 2.75) is 13.0 Å². The number of aromatic nitrogens is 3. The van der Waals surface area contributed by atoms with Crippen molar-refractivity contribution in [1.29, 1.82) is 0 Å². The maximum Gasteiger partial charge on any atom is 0.407 e. The van der Waals surface area contributed by atoms with Crippen molar-refractivity contribution in [3.05, 3.63) is 36.9 Å². The first-order valence-corrected chi connectivity index (χ1v) is 8.36. The van der Waals surface area contributed by atoms with Crippen molar-refractivity contribution in [3.63, 3.8) is 0 Å². The minimum Gasteiger partial charge on any atom is -0.488 e. The summed E-state index contributed by atoms with van der Waals surface area (Å²) in [7, 11) is 0. The summed E-state index contributed by atoms with van der Waals surface area (Å²) in [6, 6.07) is 3.60. The van der Waals surface area contributed by atoms with Crippen molar-refractivity contribution in [2.24, 2.45) is 0 Å². The van der Waals surface area contributed by atoms with Gasteiger partial charge in [0.2, 0.25) is 0 Å². The first kappa shape index (κ1) is 17.7. The Morgan fingerprint density at radius 1 is 1.23 bits per heavy atom. The van der Waals surface area contributed by atoms with Gasteiger partial charge in [-0.25, -0.2) is 14.8 Å². The standard InChI is InChI=1S/C17H21N5O4/c1-13-12-21(17(23)24)7-8-22(13)15-16(20-6-5-19-15)26-10-9-25-14-3-2-4-18-11-14/h2-6,11,13H,7-10,12H2,1H3,(H,23,24)/t13-/m1/s1. The van der Waals surface area contributed by atoms with Crippen LogP contribution in [-0.2, 0) is 0 Å². The maximum absolute atomic E-state index is 11.1. The first-order valence-electron chi connectivity index (χ1n) is 8.36. The quantitative estimate of drug-likeness (QED) is 0.775. The van der Waals surface area contributed by atoms with E-state index < -0.39 is 6.09 Å². The van der Waals surface area contributed by atoms with Crippen LogP contribution in [0.1, 0.15) is 6.92 Å². The molecular weight excluding hydrogens is 338 g/mol. The Bertz CT molecular complexity index is 730. The highest BCUT2D eigenvalue weighted by Crippen LogP contribution is 2.26. The number of ether oxygens (including phenoxy) is 2. The summed E-state index contributed by atoms with van der Waals surface area (Å²) in [5.74, 6) is 1.71. The minimum atomic E-state index is -0.903. The average molecular weight is 359 g/mol. The van der Waals surface area contributed by atoms with Crippen molar-refractivity contribution >= 4 is 11.9 Å². The highest BCUT2D eigenvalue weighted by atomic mass is 16.5. The van der Waals surface area contributed by atoms with Crippen LogP contribution in [0.4, 0.5) is 10.6 Å². The smallest absolute Gasteiger partial charge is 0.407 e. The van der Waals surface area contributed by atoms with E-state index in [0.29, 0.717) is 50.3 Å². The Kier molecular flexibility index (Phi) is 5.67. The molecule has 2 aromatic rings. The van der Waals surface area contributed by atoms with Gasteiger partial charge in [-0.05, 0) is 19.1 Å². The predicted octanol–water partition coefficient (Wildman–Crippen LogP) is 1.52. The Balaban J connectivity index is 1.58. The van der Waals surface area contributed by atoms with E-state index in [2.05, 4.69) is 15.0 Å². The zero-order valence-electron chi connectivity index (χ0n) is 14.5. The third kappa shape index (κ3) is 4.29. The van der Waals surface area contributed by atoms with Crippen LogP contribution in [0.3, 0.4) is 0 Å². The first-order chi connectivity index (χ1) is 12.6. The molecule has 0 radical (unpaired) electrons. The van der Waals surface area contributed by atoms with Crippen molar-refractivity contribution in [1.82, 2.24) is 19.9 Å². The van der Waals surface area contributed by atoms with Crippen LogP contribution in [0.5, 0.6) is 11.6 Å². The summed E-state index contributed by atoms with van der Waals surface area (Å²) < 4.78 is 11.3. The summed E-state index contributed by atoms with van der Waals surface area (Å²) in [5.41, 5.74) is 0. The van der Waals surface area contributed by atoms with E-state index in [1.807, 2.05) is 17.9 Å². The molecule has 1 fully saturated rings. The van der Waals surface area contributed by atoms with Gasteiger partial charge < -0.3 is 24.4 Å². The van der Waals surface area contributed by atoms with Crippen molar-refractivity contribution in [3.8, 4) is 11.6 Å². The van der Waals surface area contributed by atoms with Gasteiger partial charge in [-0.2, -0.15) is 0 Å². The van der Waals surface area contributed by atoms with Gasteiger partial charge >= 0.3 is 6.09 Å². The zero-order chi connectivity index (χ0) is 18.4. The number of nitrogens with zero attached hydrogens (tertiary/aromatic N) is 5. The molecule has 0 bridgehead atoms. The molecule has 0 saturated carbocycles. The summed E-state index contributed by atoms with van der Waals surface area (Å²) in [4.78, 5) is 27.2. The Morgan fingerprint density at radius 2 is 2.04 bits per heavy atom. The molecule has 0 unspecified atom stereocenters. The van der Waals surface area contributed by atoms with Gasteiger partial charge in [-0.3, -0.25) is 4.98 Å². The normalized spacial score (nSPS) is 17.0. The number of rotatable bonds is 6. The van der Waals surface area contributed by atoms with E-state index in [-0.39, 0.29) is 6.04 Å². The lowest BCUT2D eigenvalue weighted by Gasteiger charge is -2.39. The predicted molar refractivity (Wildman–Crippen MR) is 93.7 cm³/mol. The number of pyridine rings is 1. The van der Waals surface area contributed by atoms with Crippen LogP contribution in [0, 0.1) is 0 Å². The molecule has 0 aromatic carbocycles. The fourth-order valence-electron chi connectivity index (χ4n) is 2.79. The van der Waals surface area contributed by atoms with Gasteiger partial charge in [0.15, 0.2) is 5.82 Å². The lowest BCUT2D eigenvalue weighted by Crippen LogP contribution is -2.53. The Labute approximate surface area is 151 Å². The number of hydrogen-bond acceptors (Lipinski definition) is 7. The van der Waals surface area contributed by atoms with Gasteiger partial charge in [-0.15, -0.1) is 0 Å². The fraction of sp³-hybridized carbons (Fsp3) is 0.412. The minimum absolute atomic E-state index is 0.0226. The molecule has 3 heterocycles. The molecule has 9 heteroatoms. The molecule has 1 aliphatic heterocycles. The Hall–Kier alpha value is -3.10. The van der Waals surface area contributed by atoms with Crippen molar-refractivity contribution < 1.29 is 19.4 Å². The topological polar surface area (TPSA) is 101 Å². The number of piperazine rings is 1. The molecule has 1 aliphatic rings. The van der Waals surface area contributed by atoms with E-state index in [9.17, 15) is 4.79 Å². The van der Waals surface area contributed by atoms with Crippen LogP contribution in [0.15, 0.2) is 36.9 Å². The molecular formula is C17H21N5O4. The van der Waals surface area contributed by atoms with Crippen LogP contribution in [0.25, 0.3) is 0 Å². The molecule has 26 heavy (non-hydrogen) atoms. The van der Waals surface area contributed by atoms with E-state index in [4.69, 9.17) is 14.6 Å². The number of anilines is 1. The summed E-state index contributed by atoms with van der Waals surface area (Å²) in [6.07, 6.45) is 5.58. The third-order valence-corrected chi connectivity index (χ3v) is 4.04. The summed E-state index contributed by atoms with van der Waals surface area (Å²) >= 11 is 0. The number of hydrogen-bond donors (Lipinski definition) is 1. The SMILES string of the molecule is C[C@@H]1CN(C(=O)O)CCN1c1nccnc1OCCOc1cccnc1. The van der Waals surface area contributed by atoms with E-state index in [1.165, 1.54) is 4.90 Å². The van der Waals surface area contributed by atoms with Gasteiger partial charge in [0.25, 0.3) is 5.88 Å². The Morgan fingerprint density at radius 3 is 2.77 bits per heavy atom. The second-order valence-corrected chi connectivity index (χ2v) is 5.84. The highest BCUT2D eigenvalue weighted by Gasteiger charge is 2.29. The molecule has 0 aliphatic carbocycles. The van der Waals surface area contributed by atoms with E-state index in [1.54, 1.807) is 30.9 Å². The largest absolute Gasteiger partial charge is 0.488 e. The van der Waals surface area contributed by atoms with Gasteiger partial charge in [0, 0.05) is 44.3 Å². The molecule has 1 N–H and O–H groups in total. The van der Waals surface area contributed by atoms with Gasteiger partial charge in [0.05, 0.1) is 6.20 Å². The fourth-order valence-corrected chi connectivity index (χ4v) is 2.79. The monoisotopic (exact) mass is 359 g/mol. The number of amides is 1. The second kappa shape index (κ2) is 8.32. The number of carbonyl (C=O) groups is 1. The molecule has 1 atom stereocenters. The molecule has 0 spiro atoms.